The molecule has 0 radical (unpaired) electrons. The monoisotopic (exact) mass is 916 g/mol. The van der Waals surface area contributed by atoms with Crippen molar-refractivity contribution >= 4 is 24.0 Å². The quantitative estimate of drug-likeness (QED) is 0.127. The van der Waals surface area contributed by atoms with Crippen LogP contribution in [0, 0.1) is 22.7 Å². The molecule has 352 valence electrons. The smallest absolute Gasteiger partial charge is 0.407 e. The number of piperidine rings is 2. The molecule has 4 heterocycles. The van der Waals surface area contributed by atoms with E-state index in [2.05, 4.69) is 30.6 Å². The number of imidazole rings is 2. The molecule has 5 aliphatic rings. The van der Waals surface area contributed by atoms with Crippen LogP contribution in [0.25, 0.3) is 33.6 Å². The Balaban J connectivity index is 0.997. The lowest BCUT2D eigenvalue weighted by atomic mass is 9.79. The molecule has 2 aromatic carbocycles. The van der Waals surface area contributed by atoms with Gasteiger partial charge in [0.2, 0.25) is 11.8 Å². The van der Waals surface area contributed by atoms with Crippen LogP contribution in [-0.2, 0) is 30.9 Å². The van der Waals surface area contributed by atoms with E-state index in [1.54, 1.807) is 21.9 Å². The van der Waals surface area contributed by atoms with E-state index in [1.807, 2.05) is 41.5 Å². The molecule has 2 aromatic heterocycles. The van der Waals surface area contributed by atoms with E-state index in [9.17, 15) is 19.2 Å². The molecule has 1 unspecified atom stereocenters. The van der Waals surface area contributed by atoms with Crippen molar-refractivity contribution in [2.45, 2.75) is 128 Å². The van der Waals surface area contributed by atoms with Crippen molar-refractivity contribution in [3.05, 3.63) is 71.6 Å². The number of fused-ring (bicyclic) bond motifs is 7. The zero-order chi connectivity index (χ0) is 47.4. The van der Waals surface area contributed by atoms with Crippen LogP contribution < -0.4 is 10.6 Å². The number of ether oxygens (including phenoxy) is 2. The van der Waals surface area contributed by atoms with Gasteiger partial charge >= 0.3 is 24.0 Å². The highest BCUT2D eigenvalue weighted by atomic mass is 19.3. The molecular weight excluding hydrogens is 861 g/mol. The first kappa shape index (κ1) is 45.2. The lowest BCUT2D eigenvalue weighted by molar-refractivity contribution is -0.225. The number of aromatic amines is 2. The van der Waals surface area contributed by atoms with Gasteiger partial charge in [-0.1, -0.05) is 65.8 Å². The summed E-state index contributed by atoms with van der Waals surface area (Å²) in [7, 11) is 2.46. The first-order chi connectivity index (χ1) is 31.0. The molecule has 8 atom stereocenters. The number of likely N-dealkylation sites (tertiary alicyclic amines) is 2. The minimum absolute atomic E-state index is 0.0393. The largest absolute Gasteiger partial charge is 0.453 e. The second-order valence-corrected chi connectivity index (χ2v) is 20.7. The number of carbonyl (C=O) groups is 4. The van der Waals surface area contributed by atoms with Gasteiger partial charge in [-0.15, -0.1) is 0 Å². The Morgan fingerprint density at radius 1 is 0.652 bits per heavy atom. The van der Waals surface area contributed by atoms with E-state index in [4.69, 9.17) is 9.47 Å². The third-order valence-electron chi connectivity index (χ3n) is 14.6. The Morgan fingerprint density at radius 3 is 1.38 bits per heavy atom. The van der Waals surface area contributed by atoms with Gasteiger partial charge in [0, 0.05) is 34.3 Å². The van der Waals surface area contributed by atoms with Crippen molar-refractivity contribution in [2.24, 2.45) is 22.7 Å². The molecule has 4 fully saturated rings. The van der Waals surface area contributed by atoms with E-state index in [0.29, 0.717) is 23.0 Å². The predicted molar refractivity (Wildman–Crippen MR) is 234 cm³/mol. The first-order valence-corrected chi connectivity index (χ1v) is 22.5. The Morgan fingerprint density at radius 2 is 1.03 bits per heavy atom. The van der Waals surface area contributed by atoms with Crippen molar-refractivity contribution in [3.63, 3.8) is 0 Å². The third-order valence-corrected chi connectivity index (χ3v) is 14.6. The maximum absolute atomic E-state index is 16.4. The summed E-state index contributed by atoms with van der Waals surface area (Å²) < 4.78 is 75.1. The summed E-state index contributed by atoms with van der Waals surface area (Å²) in [5, 5.41) is 5.39. The molecule has 66 heavy (non-hydrogen) atoms. The van der Waals surface area contributed by atoms with Crippen molar-refractivity contribution in [1.82, 2.24) is 40.4 Å². The topological polar surface area (TPSA) is 175 Å². The molecule has 0 spiro atoms. The highest BCUT2D eigenvalue weighted by molar-refractivity contribution is 5.88. The van der Waals surface area contributed by atoms with Gasteiger partial charge in [-0.05, 0) is 84.5 Å². The number of alkyl carbamates (subject to hydrolysis) is 2. The molecule has 4 bridgehead atoms. The number of halogens is 4. The Bertz CT molecular complexity index is 2420. The molecule has 2 aliphatic heterocycles. The van der Waals surface area contributed by atoms with Gasteiger partial charge in [-0.2, -0.15) is 17.6 Å². The number of H-pyrrole nitrogens is 2. The molecule has 2 saturated heterocycles. The normalized spacial score (nSPS) is 25.5. The fourth-order valence-electron chi connectivity index (χ4n) is 11.3. The maximum atomic E-state index is 16.4. The predicted octanol–water partition coefficient (Wildman–Crippen LogP) is 8.98. The molecule has 18 heteroatoms. The Labute approximate surface area is 380 Å². The SMILES string of the molecule is COC(=O)N[C@H](C(=O)N1[C@@H]2CCC(C2)[C@H]1c1ncc(-c2ccc3c(c2)C(F)(F)C(F)(F)c2cc(-c4cnc([C@@H]5[C@H]6CC[C@H](C6)N5C(=O)[C@@H](NC(=O)OC)C(C)(C)C)[nH]4)ccc2-3)[nH]1)C(C)(C)C. The fourth-order valence-corrected chi connectivity index (χ4v) is 11.3. The van der Waals surface area contributed by atoms with Gasteiger partial charge in [0.1, 0.15) is 23.7 Å². The van der Waals surface area contributed by atoms with Crippen molar-refractivity contribution in [1.29, 1.82) is 0 Å². The number of rotatable bonds is 8. The fraction of sp³-hybridized carbons (Fsp3) is 0.542. The maximum Gasteiger partial charge on any atom is 0.407 e. The summed E-state index contributed by atoms with van der Waals surface area (Å²) in [6.07, 6.45) is 6.21. The molecule has 4 aromatic rings. The lowest BCUT2D eigenvalue weighted by Gasteiger charge is -2.40. The van der Waals surface area contributed by atoms with Crippen LogP contribution in [0.4, 0.5) is 27.2 Å². The number of nitrogens with one attached hydrogen (secondary N) is 4. The van der Waals surface area contributed by atoms with Crippen LogP contribution >= 0.6 is 0 Å². The highest BCUT2D eigenvalue weighted by Crippen LogP contribution is 2.59. The van der Waals surface area contributed by atoms with Crippen LogP contribution in [0.2, 0.25) is 0 Å². The van der Waals surface area contributed by atoms with Gasteiger partial charge in [0.15, 0.2) is 0 Å². The zero-order valence-electron chi connectivity index (χ0n) is 38.2. The summed E-state index contributed by atoms with van der Waals surface area (Å²) in [4.78, 5) is 72.2. The Hall–Kier alpha value is -5.94. The highest BCUT2D eigenvalue weighted by Gasteiger charge is 2.63. The summed E-state index contributed by atoms with van der Waals surface area (Å²) in [5.74, 6) is -8.77. The number of benzene rings is 2. The van der Waals surface area contributed by atoms with Gasteiger partial charge < -0.3 is 39.9 Å². The average Bonchev–Trinajstić information content (AvgIpc) is 4.14. The van der Waals surface area contributed by atoms with E-state index >= 15 is 17.6 Å². The molecule has 2 saturated carbocycles. The average molecular weight is 917 g/mol. The van der Waals surface area contributed by atoms with Crippen LogP contribution in [0.15, 0.2) is 48.8 Å². The minimum Gasteiger partial charge on any atom is -0.453 e. The van der Waals surface area contributed by atoms with E-state index in [-0.39, 0.29) is 58.0 Å². The van der Waals surface area contributed by atoms with Gasteiger partial charge in [0.25, 0.3) is 0 Å². The molecule has 4 amide bonds. The van der Waals surface area contributed by atoms with E-state index in [1.165, 1.54) is 38.7 Å². The number of carbonyl (C=O) groups excluding carboxylic acids is 4. The number of alkyl halides is 4. The number of hydrogen-bond donors (Lipinski definition) is 4. The van der Waals surface area contributed by atoms with Gasteiger partial charge in [0.05, 0.1) is 50.1 Å². The van der Waals surface area contributed by atoms with Crippen molar-refractivity contribution in [2.75, 3.05) is 14.2 Å². The molecule has 9 rings (SSSR count). The summed E-state index contributed by atoms with van der Waals surface area (Å²) in [6, 6.07) is 5.23. The summed E-state index contributed by atoms with van der Waals surface area (Å²) in [6.45, 7) is 11.1. The van der Waals surface area contributed by atoms with Crippen LogP contribution in [0.5, 0.6) is 0 Å². The van der Waals surface area contributed by atoms with Crippen LogP contribution in [-0.4, -0.2) is 92.1 Å². The molecule has 4 N–H and O–H groups in total. The zero-order valence-corrected chi connectivity index (χ0v) is 38.2. The third kappa shape index (κ3) is 7.29. The Kier molecular flexibility index (Phi) is 10.9. The number of aromatic nitrogens is 4. The molecule has 3 aliphatic carbocycles. The second kappa shape index (κ2) is 15.9. The molecular formula is C48H56F4N8O6. The second-order valence-electron chi connectivity index (χ2n) is 20.7. The van der Waals surface area contributed by atoms with Crippen molar-refractivity contribution < 1.29 is 46.2 Å². The standard InChI is InChI=1S/C48H56F4N8O6/c1-45(2,3)37(57-43(63)65-7)41(61)59-27-13-9-25(17-27)35(59)39-53-21-33(55-39)23-11-15-29-30-16-12-24(20-32(30)48(51,52)47(49,50)31(29)19-23)34-22-54-40(56-34)36-26-10-14-28(18-26)60(36)42(62)38(46(4,5)6)58-44(64)66-8/h11-12,15-16,19-22,25-28,35-38H,9-10,13-14,17-18H2,1-8H3,(H,53,55)(H,54,56)(H,57,63)(H,58,64)/t25-,26?,27+,28+,35-,36-,37+,38+/m0/s1. The van der Waals surface area contributed by atoms with Gasteiger partial charge in [-0.25, -0.2) is 19.6 Å². The van der Waals surface area contributed by atoms with Crippen molar-refractivity contribution in [3.8, 4) is 33.6 Å². The number of hydrogen-bond acceptors (Lipinski definition) is 8. The minimum atomic E-state index is -4.61. The van der Waals surface area contributed by atoms with Crippen LogP contribution in [0.3, 0.4) is 0 Å². The van der Waals surface area contributed by atoms with Gasteiger partial charge in [-0.3, -0.25) is 9.59 Å². The summed E-state index contributed by atoms with van der Waals surface area (Å²) in [5.41, 5.74) is -1.98. The summed E-state index contributed by atoms with van der Waals surface area (Å²) >= 11 is 0. The van der Waals surface area contributed by atoms with E-state index in [0.717, 1.165) is 50.7 Å². The number of amides is 4. The number of nitrogens with zero attached hydrogens (tertiary/aromatic N) is 4. The van der Waals surface area contributed by atoms with E-state index < -0.39 is 70.2 Å². The lowest BCUT2D eigenvalue weighted by Crippen LogP contribution is -2.56. The number of methoxy groups -OCH3 is 2. The molecule has 14 nitrogen and oxygen atoms in total. The van der Waals surface area contributed by atoms with Crippen LogP contribution in [0.1, 0.15) is 115 Å². The first-order valence-electron chi connectivity index (χ1n) is 22.5.